The summed E-state index contributed by atoms with van der Waals surface area (Å²) in [4.78, 5) is 14.5. The summed E-state index contributed by atoms with van der Waals surface area (Å²) in [6.45, 7) is 3.91. The summed E-state index contributed by atoms with van der Waals surface area (Å²) in [5.41, 5.74) is 6.86. The third-order valence-electron chi connectivity index (χ3n) is 3.92. The van der Waals surface area contributed by atoms with Gasteiger partial charge in [-0.15, -0.1) is 0 Å². The molecule has 21 heavy (non-hydrogen) atoms. The Kier molecular flexibility index (Phi) is 5.38. The lowest BCUT2D eigenvalue weighted by atomic mass is 9.95. The van der Waals surface area contributed by atoms with Crippen molar-refractivity contribution in [3.05, 3.63) is 35.4 Å². The highest BCUT2D eigenvalue weighted by Gasteiger charge is 2.29. The number of likely N-dealkylation sites (tertiary alicyclic amines) is 1. The van der Waals surface area contributed by atoms with Crippen molar-refractivity contribution in [1.29, 1.82) is 0 Å². The molecule has 1 heterocycles. The Bertz CT molecular complexity index is 559. The Balaban J connectivity index is 2.13. The smallest absolute Gasteiger partial charge is 0.253 e. The van der Waals surface area contributed by atoms with Crippen LogP contribution in [0.25, 0.3) is 0 Å². The molecule has 2 unspecified atom stereocenters. The molecule has 0 saturated carbocycles. The first kappa shape index (κ1) is 15.6. The molecule has 4 heteroatoms. The third kappa shape index (κ3) is 3.84. The quantitative estimate of drug-likeness (QED) is 0.838. The molecule has 0 radical (unpaired) electrons. The zero-order chi connectivity index (χ0) is 15.2. The number of hydrogen-bond acceptors (Lipinski definition) is 3. The molecule has 1 aliphatic rings. The number of nitrogens with zero attached hydrogens (tertiary/aromatic N) is 1. The summed E-state index contributed by atoms with van der Waals surface area (Å²) < 4.78 is 5.47. The van der Waals surface area contributed by atoms with E-state index in [4.69, 9.17) is 10.5 Å². The zero-order valence-corrected chi connectivity index (χ0v) is 12.6. The first-order chi connectivity index (χ1) is 10.2. The molecule has 1 aliphatic heterocycles. The van der Waals surface area contributed by atoms with Crippen LogP contribution in [0, 0.1) is 17.8 Å². The fourth-order valence-corrected chi connectivity index (χ4v) is 2.59. The molecule has 1 aromatic rings. The van der Waals surface area contributed by atoms with Gasteiger partial charge in [0.2, 0.25) is 0 Å². The Morgan fingerprint density at radius 2 is 2.33 bits per heavy atom. The Morgan fingerprint density at radius 1 is 1.52 bits per heavy atom. The van der Waals surface area contributed by atoms with Gasteiger partial charge in [-0.3, -0.25) is 4.79 Å². The maximum Gasteiger partial charge on any atom is 0.253 e. The van der Waals surface area contributed by atoms with Gasteiger partial charge in [0.05, 0.1) is 12.6 Å². The Morgan fingerprint density at radius 3 is 3.05 bits per heavy atom. The SMILES string of the molecule is COC1CN(C(=O)c2cccc(C#CCN)c2)CCC1C. The zero-order valence-electron chi connectivity index (χ0n) is 12.6. The number of benzene rings is 1. The molecular formula is C17H22N2O2. The fraction of sp³-hybridized carbons (Fsp3) is 0.471. The van der Waals surface area contributed by atoms with E-state index >= 15 is 0 Å². The molecule has 0 aromatic heterocycles. The summed E-state index contributed by atoms with van der Waals surface area (Å²) in [6, 6.07) is 7.39. The largest absolute Gasteiger partial charge is 0.379 e. The molecule has 2 N–H and O–H groups in total. The maximum absolute atomic E-state index is 12.6. The molecule has 1 aromatic carbocycles. The van der Waals surface area contributed by atoms with Crippen LogP contribution < -0.4 is 5.73 Å². The van der Waals surface area contributed by atoms with Gasteiger partial charge in [0.25, 0.3) is 5.91 Å². The molecule has 0 bridgehead atoms. The van der Waals surface area contributed by atoms with E-state index in [0.29, 0.717) is 24.6 Å². The van der Waals surface area contributed by atoms with Crippen LogP contribution in [0.4, 0.5) is 0 Å². The molecule has 0 aliphatic carbocycles. The average Bonchev–Trinajstić information content (AvgIpc) is 2.53. The van der Waals surface area contributed by atoms with Crippen LogP contribution in [0.2, 0.25) is 0 Å². The van der Waals surface area contributed by atoms with Crippen molar-refractivity contribution in [1.82, 2.24) is 4.90 Å². The van der Waals surface area contributed by atoms with Gasteiger partial charge in [-0.2, -0.15) is 0 Å². The van der Waals surface area contributed by atoms with Crippen molar-refractivity contribution in [2.75, 3.05) is 26.7 Å². The van der Waals surface area contributed by atoms with Gasteiger partial charge in [-0.25, -0.2) is 0 Å². The number of amides is 1. The minimum Gasteiger partial charge on any atom is -0.379 e. The number of carbonyl (C=O) groups is 1. The number of piperidine rings is 1. The molecule has 2 rings (SSSR count). The van der Waals surface area contributed by atoms with Crippen molar-refractivity contribution < 1.29 is 9.53 Å². The molecule has 1 amide bonds. The van der Waals surface area contributed by atoms with Crippen LogP contribution in [-0.4, -0.2) is 43.7 Å². The summed E-state index contributed by atoms with van der Waals surface area (Å²) in [7, 11) is 1.71. The molecule has 1 saturated heterocycles. The molecule has 112 valence electrons. The molecule has 4 nitrogen and oxygen atoms in total. The van der Waals surface area contributed by atoms with Crippen molar-refractivity contribution in [3.63, 3.8) is 0 Å². The second-order valence-electron chi connectivity index (χ2n) is 5.38. The second kappa shape index (κ2) is 7.26. The average molecular weight is 286 g/mol. The predicted molar refractivity (Wildman–Crippen MR) is 82.9 cm³/mol. The minimum absolute atomic E-state index is 0.0420. The predicted octanol–water partition coefficient (Wildman–Crippen LogP) is 1.49. The lowest BCUT2D eigenvalue weighted by molar-refractivity contribution is -0.00156. The van der Waals surface area contributed by atoms with Crippen LogP contribution in [0.5, 0.6) is 0 Å². The van der Waals surface area contributed by atoms with Crippen molar-refractivity contribution in [2.24, 2.45) is 11.7 Å². The van der Waals surface area contributed by atoms with Crippen LogP contribution in [-0.2, 0) is 4.74 Å². The van der Waals surface area contributed by atoms with Crippen molar-refractivity contribution in [3.8, 4) is 11.8 Å². The monoisotopic (exact) mass is 286 g/mol. The van der Waals surface area contributed by atoms with Gasteiger partial charge in [0, 0.05) is 31.3 Å². The highest BCUT2D eigenvalue weighted by molar-refractivity contribution is 5.94. The highest BCUT2D eigenvalue weighted by atomic mass is 16.5. The van der Waals surface area contributed by atoms with E-state index in [1.54, 1.807) is 7.11 Å². The Hall–Kier alpha value is -1.83. The van der Waals surface area contributed by atoms with Gasteiger partial charge < -0.3 is 15.4 Å². The fourth-order valence-electron chi connectivity index (χ4n) is 2.59. The molecular weight excluding hydrogens is 264 g/mol. The van der Waals surface area contributed by atoms with E-state index in [9.17, 15) is 4.79 Å². The van der Waals surface area contributed by atoms with Crippen LogP contribution >= 0.6 is 0 Å². The van der Waals surface area contributed by atoms with E-state index in [0.717, 1.165) is 18.5 Å². The highest BCUT2D eigenvalue weighted by Crippen LogP contribution is 2.21. The normalized spacial score (nSPS) is 21.6. The molecule has 1 fully saturated rings. The van der Waals surface area contributed by atoms with Gasteiger partial charge >= 0.3 is 0 Å². The van der Waals surface area contributed by atoms with E-state index in [1.165, 1.54) is 0 Å². The minimum atomic E-state index is 0.0420. The van der Waals surface area contributed by atoms with Crippen LogP contribution in [0.3, 0.4) is 0 Å². The van der Waals surface area contributed by atoms with E-state index in [1.807, 2.05) is 29.2 Å². The third-order valence-corrected chi connectivity index (χ3v) is 3.92. The van der Waals surface area contributed by atoms with Crippen LogP contribution in [0.15, 0.2) is 24.3 Å². The first-order valence-electron chi connectivity index (χ1n) is 7.26. The summed E-state index contributed by atoms with van der Waals surface area (Å²) in [5, 5.41) is 0. The topological polar surface area (TPSA) is 55.6 Å². The van der Waals surface area contributed by atoms with E-state index in [2.05, 4.69) is 18.8 Å². The lowest BCUT2D eigenvalue weighted by Crippen LogP contribution is -2.46. The summed E-state index contributed by atoms with van der Waals surface area (Å²) >= 11 is 0. The second-order valence-corrected chi connectivity index (χ2v) is 5.38. The number of rotatable bonds is 2. The number of nitrogens with two attached hydrogens (primary N) is 1. The molecule has 0 spiro atoms. The number of ether oxygens (including phenoxy) is 1. The standard InChI is InChI=1S/C17H22N2O2/c1-13-8-10-19(12-16(13)21-2)17(20)15-7-3-5-14(11-15)6-4-9-18/h3,5,7,11,13,16H,8-10,12,18H2,1-2H3. The lowest BCUT2D eigenvalue weighted by Gasteiger charge is -2.36. The number of carbonyl (C=O) groups excluding carboxylic acids is 1. The number of methoxy groups -OCH3 is 1. The van der Waals surface area contributed by atoms with Gasteiger partial charge in [0.15, 0.2) is 0 Å². The number of hydrogen-bond donors (Lipinski definition) is 1. The van der Waals surface area contributed by atoms with Crippen molar-refractivity contribution in [2.45, 2.75) is 19.4 Å². The summed E-state index contributed by atoms with van der Waals surface area (Å²) in [5.74, 6) is 6.29. The van der Waals surface area contributed by atoms with Gasteiger partial charge in [-0.1, -0.05) is 24.8 Å². The maximum atomic E-state index is 12.6. The van der Waals surface area contributed by atoms with Gasteiger partial charge in [0.1, 0.15) is 0 Å². The Labute approximate surface area is 126 Å². The van der Waals surface area contributed by atoms with Crippen LogP contribution in [0.1, 0.15) is 29.3 Å². The van der Waals surface area contributed by atoms with Crippen molar-refractivity contribution >= 4 is 5.91 Å². The van der Waals surface area contributed by atoms with E-state index < -0.39 is 0 Å². The molecule has 2 atom stereocenters. The van der Waals surface area contributed by atoms with E-state index in [-0.39, 0.29) is 12.0 Å². The summed E-state index contributed by atoms with van der Waals surface area (Å²) in [6.07, 6.45) is 1.08. The first-order valence-corrected chi connectivity index (χ1v) is 7.26. The van der Waals surface area contributed by atoms with Gasteiger partial charge in [-0.05, 0) is 30.5 Å².